The van der Waals surface area contributed by atoms with E-state index in [1.54, 1.807) is 51.6 Å². The van der Waals surface area contributed by atoms with E-state index in [1.165, 1.54) is 12.3 Å². The summed E-state index contributed by atoms with van der Waals surface area (Å²) >= 11 is 0. The lowest BCUT2D eigenvalue weighted by atomic mass is 9.82. The summed E-state index contributed by atoms with van der Waals surface area (Å²) in [7, 11) is -3.16. The highest BCUT2D eigenvalue weighted by atomic mass is 28.3. The normalized spacial score (nSPS) is 15.1. The zero-order chi connectivity index (χ0) is 71.6. The van der Waals surface area contributed by atoms with Gasteiger partial charge in [0.15, 0.2) is 8.07 Å². The lowest BCUT2D eigenvalue weighted by molar-refractivity contribution is -0.571. The van der Waals surface area contributed by atoms with Crippen LogP contribution in [0.4, 0.5) is 0 Å². The Morgan fingerprint density at radius 2 is 1.06 bits per heavy atom. The van der Waals surface area contributed by atoms with Gasteiger partial charge in [0, 0.05) is 32.7 Å². The average molecular weight is 1100 g/mol. The quantitative estimate of drug-likeness (QED) is 0.0529. The van der Waals surface area contributed by atoms with Crippen LogP contribution in [0.5, 0.6) is 11.5 Å². The number of para-hydroxylation sites is 2. The van der Waals surface area contributed by atoms with Crippen molar-refractivity contribution in [1.29, 1.82) is 0 Å². The van der Waals surface area contributed by atoms with Crippen LogP contribution in [0.1, 0.15) is 56.6 Å². The fourth-order valence-electron chi connectivity index (χ4n) is 11.5. The Morgan fingerprint density at radius 1 is 0.494 bits per heavy atom. The van der Waals surface area contributed by atoms with Crippen LogP contribution in [0, 0.1) is 13.2 Å². The summed E-state index contributed by atoms with van der Waals surface area (Å²) in [5.74, 6) is 0.834. The lowest BCUT2D eigenvalue weighted by Gasteiger charge is -2.34. The molecule has 0 aliphatic rings. The number of pyridine rings is 1. The van der Waals surface area contributed by atoms with Crippen molar-refractivity contribution in [2.24, 2.45) is 0 Å². The van der Waals surface area contributed by atoms with E-state index in [2.05, 4.69) is 54.9 Å². The van der Waals surface area contributed by atoms with Gasteiger partial charge < -0.3 is 4.74 Å². The van der Waals surface area contributed by atoms with Gasteiger partial charge in [0.05, 0.1) is 54.0 Å². The number of ether oxygens (including phenoxy) is 1. The van der Waals surface area contributed by atoms with Crippen molar-refractivity contribution in [2.45, 2.75) is 33.0 Å². The molecule has 0 bridgehead atoms. The van der Waals surface area contributed by atoms with Gasteiger partial charge in [-0.2, -0.15) is 0 Å². The van der Waals surface area contributed by atoms with Gasteiger partial charge in [-0.25, -0.2) is 4.98 Å². The smallest absolute Gasteiger partial charge is 0.269 e. The molecule has 0 N–H and O–H groups in total. The van der Waals surface area contributed by atoms with E-state index in [1.807, 2.05) is 122 Å². The van der Waals surface area contributed by atoms with Gasteiger partial charge in [-0.1, -0.05) is 257 Å². The maximum atomic E-state index is 9.36. The first-order valence-corrected chi connectivity index (χ1v) is 29.0. The van der Waals surface area contributed by atoms with Gasteiger partial charge in [-0.3, -0.25) is 13.7 Å². The second-order valence-electron chi connectivity index (χ2n) is 21.2. The van der Waals surface area contributed by atoms with Crippen molar-refractivity contribution < 1.29 is 34.0 Å². The molecule has 0 aliphatic carbocycles. The highest BCUT2D eigenvalue weighted by Crippen LogP contribution is 2.40. The predicted molar refractivity (Wildman–Crippen MR) is 346 cm³/mol. The second-order valence-corrected chi connectivity index (χ2v) is 25.0. The Balaban J connectivity index is 0.978. The van der Waals surface area contributed by atoms with Crippen molar-refractivity contribution >= 4 is 61.7 Å². The lowest BCUT2D eigenvalue weighted by Crippen LogP contribution is -2.74. The van der Waals surface area contributed by atoms with E-state index in [0.29, 0.717) is 44.8 Å². The number of rotatable bonds is 12. The molecule has 0 atom stereocenters. The summed E-state index contributed by atoms with van der Waals surface area (Å²) in [6.07, 6.45) is 4.73. The molecule has 5 nitrogen and oxygen atoms in total. The molecule has 11 aromatic carbocycles. The van der Waals surface area contributed by atoms with E-state index < -0.39 is 111 Å². The fourth-order valence-corrected chi connectivity index (χ4v) is 16.2. The number of benzene rings is 11. The van der Waals surface area contributed by atoms with Crippen LogP contribution in [-0.2, 0) is 5.41 Å². The van der Waals surface area contributed by atoms with Crippen molar-refractivity contribution in [1.82, 2.24) is 14.1 Å². The fraction of sp³-hybridized carbons (Fsp3) is 0.0649. The summed E-state index contributed by atoms with van der Waals surface area (Å²) in [4.78, 5) is 4.91. The largest absolute Gasteiger partial charge is 0.458 e. The van der Waals surface area contributed by atoms with Crippen LogP contribution < -0.4 is 30.1 Å². The molecule has 83 heavy (non-hydrogen) atoms. The third kappa shape index (κ3) is 9.14. The van der Waals surface area contributed by atoms with Crippen LogP contribution in [0.15, 0.2) is 291 Å². The Bertz CT molecular complexity index is 5460. The SMILES string of the molecule is [2H]c1c([2H])c([2H])c(-c2cnc(-n3c4ccc([Si](c5ccccc5)(c5ccccc5)c5ccccc5)cc4c4ccc(Oc5cccc(-n6[c-][n+](-c7c(-c8c([2H])c([2H])c([2H])c([2H])c8[2H])cc(C(C)(C)C)cc7-c7c([2H])c([2H])c([2H])c([2H])c7[2H])c7ccccc76)c5)cc43)cc2C([2H])([2H])[2H])c([2H])c1[2H]. The molecule has 3 aromatic heterocycles. The Labute approximate surface area is 511 Å². The molecule has 398 valence electrons. The van der Waals surface area contributed by atoms with Gasteiger partial charge in [0.1, 0.15) is 17.3 Å². The number of hydrogen-bond donors (Lipinski definition) is 0. The van der Waals surface area contributed by atoms with Crippen LogP contribution in [0.3, 0.4) is 0 Å². The van der Waals surface area contributed by atoms with E-state index in [-0.39, 0.29) is 50.4 Å². The van der Waals surface area contributed by atoms with E-state index >= 15 is 0 Å². The number of nitrogens with zero attached hydrogens (tertiary/aromatic N) is 4. The number of aryl methyl sites for hydroxylation is 1. The maximum absolute atomic E-state index is 9.36. The molecular weight excluding hydrogens is 1020 g/mol. The molecule has 6 heteroatoms. The van der Waals surface area contributed by atoms with Gasteiger partial charge in [-0.05, 0) is 114 Å². The zero-order valence-corrected chi connectivity index (χ0v) is 46.2. The number of hydrogen-bond acceptors (Lipinski definition) is 2. The number of imidazole rings is 1. The third-order valence-corrected chi connectivity index (χ3v) is 20.1. The van der Waals surface area contributed by atoms with Crippen LogP contribution in [0.25, 0.3) is 83.4 Å². The molecule has 14 rings (SSSR count). The summed E-state index contributed by atoms with van der Waals surface area (Å²) in [6, 6.07) is 53.7. The van der Waals surface area contributed by atoms with Crippen LogP contribution in [-0.4, -0.2) is 22.2 Å². The first kappa shape index (κ1) is 34.9. The first-order valence-electron chi connectivity index (χ1n) is 36.0. The second kappa shape index (κ2) is 21.1. The predicted octanol–water partition coefficient (Wildman–Crippen LogP) is 16.0. The summed E-state index contributed by atoms with van der Waals surface area (Å²) in [5, 5.41) is 5.99. The van der Waals surface area contributed by atoms with Gasteiger partial charge in [-0.15, -0.1) is 0 Å². The molecule has 0 radical (unpaired) electrons. The minimum absolute atomic E-state index is 0.112. The first-order chi connectivity index (χ1) is 48.1. The molecule has 0 saturated heterocycles. The van der Waals surface area contributed by atoms with Gasteiger partial charge in [0.2, 0.25) is 0 Å². The molecule has 0 fully saturated rings. The zero-order valence-electron chi connectivity index (χ0n) is 63.2. The minimum atomic E-state index is -3.16. The molecule has 0 amide bonds. The molecule has 0 saturated carbocycles. The molecular formula is C77H60N4OSi. The summed E-state index contributed by atoms with van der Waals surface area (Å²) in [6.45, 7) is 2.85. The highest BCUT2D eigenvalue weighted by Gasteiger charge is 2.41. The molecule has 3 heterocycles. The highest BCUT2D eigenvalue weighted by molar-refractivity contribution is 7.20. The summed E-state index contributed by atoms with van der Waals surface area (Å²) in [5.41, 5.74) is 1.80. The Kier molecular flexibility index (Phi) is 8.85. The van der Waals surface area contributed by atoms with Crippen molar-refractivity contribution in [3.63, 3.8) is 0 Å². The van der Waals surface area contributed by atoms with E-state index in [9.17, 15) is 5.48 Å². The molecule has 14 aromatic rings. The number of aromatic nitrogens is 4. The third-order valence-electron chi connectivity index (χ3n) is 15.3. The van der Waals surface area contributed by atoms with E-state index in [4.69, 9.17) is 28.9 Å². The van der Waals surface area contributed by atoms with E-state index in [0.717, 1.165) is 31.5 Å². The molecule has 0 spiro atoms. The molecule has 0 unspecified atom stereocenters. The molecule has 0 aliphatic heterocycles. The average Bonchev–Trinajstić information content (AvgIpc) is 1.70. The van der Waals surface area contributed by atoms with Crippen LogP contribution >= 0.6 is 0 Å². The maximum Gasteiger partial charge on any atom is 0.269 e. The number of fused-ring (bicyclic) bond motifs is 4. The van der Waals surface area contributed by atoms with Crippen molar-refractivity contribution in [3.8, 4) is 62.1 Å². The van der Waals surface area contributed by atoms with Gasteiger partial charge >= 0.3 is 0 Å². The Hall–Kier alpha value is -10.1. The standard InChI is InChI=1S/C77H60N4OSi/c1-54-46-75(78-52-70(54)57-30-15-7-16-31-57)81-71-45-43-65(83(62-34-17-8-18-35-62,63-36-19-9-20-37-63)64-38-21-10-22-39-64)51-69(71)66-44-42-61(50-74(66)81)82-60-33-25-32-59(49-60)79-53-80(73-41-24-23-40-72(73)79)76-67(55-26-11-5-12-27-55)47-58(77(2,3)4)48-68(76)56-28-13-6-14-29-56/h5-52H,1-4H3/i1D3,5D,6D,7D,11D,12D,13D,14D,15D,16D,26D,27D,28D,29D,30D,31D. The topological polar surface area (TPSA) is 35.9 Å². The van der Waals surface area contributed by atoms with Gasteiger partial charge in [0.25, 0.3) is 6.33 Å². The van der Waals surface area contributed by atoms with Crippen LogP contribution in [0.2, 0.25) is 0 Å². The minimum Gasteiger partial charge on any atom is -0.458 e. The Morgan fingerprint density at radius 3 is 1.65 bits per heavy atom. The summed E-state index contributed by atoms with van der Waals surface area (Å²) < 4.78 is 172. The van der Waals surface area contributed by atoms with Crippen molar-refractivity contribution in [3.05, 3.63) is 308 Å². The van der Waals surface area contributed by atoms with Crippen molar-refractivity contribution in [2.75, 3.05) is 0 Å². The monoisotopic (exact) mass is 1100 g/mol.